The first-order valence-electron chi connectivity index (χ1n) is 7.78. The van der Waals surface area contributed by atoms with E-state index in [4.69, 9.17) is 0 Å². The molecule has 1 aliphatic carbocycles. The Balaban J connectivity index is 1.59. The summed E-state index contributed by atoms with van der Waals surface area (Å²) in [6, 6.07) is 7.58. The van der Waals surface area contributed by atoms with Crippen LogP contribution in [0.15, 0.2) is 24.3 Å². The monoisotopic (exact) mass is 322 g/mol. The van der Waals surface area contributed by atoms with Gasteiger partial charge in [0.15, 0.2) is 0 Å². The van der Waals surface area contributed by atoms with E-state index in [1.807, 2.05) is 36.1 Å². The predicted octanol–water partition coefficient (Wildman–Crippen LogP) is 1.38. The van der Waals surface area contributed by atoms with Crippen LogP contribution in [-0.2, 0) is 20.6 Å². The van der Waals surface area contributed by atoms with Crippen molar-refractivity contribution < 1.29 is 13.2 Å². The molecule has 1 aliphatic heterocycles. The van der Waals surface area contributed by atoms with E-state index in [0.29, 0.717) is 26.2 Å². The number of aryl methyl sites for hydroxylation is 1. The van der Waals surface area contributed by atoms with E-state index >= 15 is 0 Å². The van der Waals surface area contributed by atoms with Crippen LogP contribution in [0.3, 0.4) is 0 Å². The molecule has 0 aromatic heterocycles. The maximum atomic E-state index is 12.5. The SMILES string of the molecule is Cc1ccc(CS(=O)(=O)N2CCN(C(=O)C3CC3)CC2)cc1. The zero-order valence-corrected chi connectivity index (χ0v) is 13.7. The van der Waals surface area contributed by atoms with E-state index in [9.17, 15) is 13.2 Å². The molecule has 0 unspecified atom stereocenters. The second-order valence-corrected chi connectivity index (χ2v) is 8.21. The van der Waals surface area contributed by atoms with Crippen LogP contribution in [0.25, 0.3) is 0 Å². The summed E-state index contributed by atoms with van der Waals surface area (Å²) in [5.41, 5.74) is 1.93. The van der Waals surface area contributed by atoms with E-state index in [2.05, 4.69) is 0 Å². The first kappa shape index (κ1) is 15.5. The minimum Gasteiger partial charge on any atom is -0.340 e. The van der Waals surface area contributed by atoms with Gasteiger partial charge in [-0.25, -0.2) is 8.42 Å². The summed E-state index contributed by atoms with van der Waals surface area (Å²) in [5, 5.41) is 0. The number of rotatable bonds is 4. The van der Waals surface area contributed by atoms with Crippen molar-refractivity contribution in [3.63, 3.8) is 0 Å². The normalized spacial score (nSPS) is 20.1. The van der Waals surface area contributed by atoms with Crippen LogP contribution in [0.4, 0.5) is 0 Å². The molecule has 0 bridgehead atoms. The molecule has 1 amide bonds. The molecule has 1 aromatic rings. The highest BCUT2D eigenvalue weighted by Crippen LogP contribution is 2.31. The lowest BCUT2D eigenvalue weighted by Crippen LogP contribution is -2.51. The molecule has 1 saturated heterocycles. The molecule has 1 saturated carbocycles. The number of benzene rings is 1. The number of carbonyl (C=O) groups is 1. The van der Waals surface area contributed by atoms with Gasteiger partial charge in [0.2, 0.25) is 15.9 Å². The average molecular weight is 322 g/mol. The van der Waals surface area contributed by atoms with Crippen molar-refractivity contribution in [2.24, 2.45) is 5.92 Å². The Hall–Kier alpha value is -1.40. The van der Waals surface area contributed by atoms with Gasteiger partial charge >= 0.3 is 0 Å². The van der Waals surface area contributed by atoms with Crippen molar-refractivity contribution in [2.75, 3.05) is 26.2 Å². The van der Waals surface area contributed by atoms with Crippen LogP contribution < -0.4 is 0 Å². The maximum absolute atomic E-state index is 12.5. The van der Waals surface area contributed by atoms with Gasteiger partial charge < -0.3 is 4.90 Å². The highest BCUT2D eigenvalue weighted by Gasteiger charge is 2.36. The van der Waals surface area contributed by atoms with Crippen molar-refractivity contribution in [3.05, 3.63) is 35.4 Å². The third-order valence-electron chi connectivity index (χ3n) is 4.34. The molecule has 22 heavy (non-hydrogen) atoms. The third kappa shape index (κ3) is 3.50. The maximum Gasteiger partial charge on any atom is 0.225 e. The summed E-state index contributed by atoms with van der Waals surface area (Å²) in [6.07, 6.45) is 1.98. The average Bonchev–Trinajstić information content (AvgIpc) is 3.34. The zero-order valence-electron chi connectivity index (χ0n) is 12.9. The molecule has 3 rings (SSSR count). The van der Waals surface area contributed by atoms with Crippen molar-refractivity contribution in [2.45, 2.75) is 25.5 Å². The van der Waals surface area contributed by atoms with E-state index in [0.717, 1.165) is 24.0 Å². The summed E-state index contributed by atoms with van der Waals surface area (Å²) < 4.78 is 26.5. The number of sulfonamides is 1. The van der Waals surface area contributed by atoms with Gasteiger partial charge in [-0.2, -0.15) is 4.31 Å². The van der Waals surface area contributed by atoms with E-state index in [-0.39, 0.29) is 17.6 Å². The third-order valence-corrected chi connectivity index (χ3v) is 6.19. The predicted molar refractivity (Wildman–Crippen MR) is 84.7 cm³/mol. The lowest BCUT2D eigenvalue weighted by Gasteiger charge is -2.34. The van der Waals surface area contributed by atoms with Crippen LogP contribution in [0, 0.1) is 12.8 Å². The molecule has 0 radical (unpaired) electrons. The topological polar surface area (TPSA) is 57.7 Å². The lowest BCUT2D eigenvalue weighted by molar-refractivity contribution is -0.133. The van der Waals surface area contributed by atoms with Crippen LogP contribution in [0.1, 0.15) is 24.0 Å². The Bertz CT molecular complexity index is 642. The van der Waals surface area contributed by atoms with Gasteiger partial charge in [0.25, 0.3) is 0 Å². The molecule has 5 nitrogen and oxygen atoms in total. The van der Waals surface area contributed by atoms with Crippen LogP contribution in [0.5, 0.6) is 0 Å². The molecule has 1 heterocycles. The Labute approximate surface area is 132 Å². The standard InChI is InChI=1S/C16H22N2O3S/c1-13-2-4-14(5-3-13)12-22(20,21)18-10-8-17(9-11-18)16(19)15-6-7-15/h2-5,15H,6-12H2,1H3. The van der Waals surface area contributed by atoms with Crippen molar-refractivity contribution >= 4 is 15.9 Å². The fraction of sp³-hybridized carbons (Fsp3) is 0.562. The Morgan fingerprint density at radius 1 is 1.09 bits per heavy atom. The number of amides is 1. The highest BCUT2D eigenvalue weighted by atomic mass is 32.2. The largest absolute Gasteiger partial charge is 0.340 e. The summed E-state index contributed by atoms with van der Waals surface area (Å²) >= 11 is 0. The molecule has 120 valence electrons. The van der Waals surface area contributed by atoms with E-state index < -0.39 is 10.0 Å². The number of hydrogen-bond donors (Lipinski definition) is 0. The highest BCUT2D eigenvalue weighted by molar-refractivity contribution is 7.88. The molecular weight excluding hydrogens is 300 g/mol. The number of piperazine rings is 1. The summed E-state index contributed by atoms with van der Waals surface area (Å²) in [5.74, 6) is 0.440. The minimum absolute atomic E-state index is 0.0316. The first-order valence-corrected chi connectivity index (χ1v) is 9.39. The number of carbonyl (C=O) groups excluding carboxylic acids is 1. The molecule has 2 aliphatic rings. The zero-order chi connectivity index (χ0) is 15.7. The van der Waals surface area contributed by atoms with Gasteiger partial charge in [-0.3, -0.25) is 4.79 Å². The van der Waals surface area contributed by atoms with Gasteiger partial charge in [-0.1, -0.05) is 29.8 Å². The van der Waals surface area contributed by atoms with E-state index in [1.54, 1.807) is 0 Å². The van der Waals surface area contributed by atoms with Crippen molar-refractivity contribution in [1.82, 2.24) is 9.21 Å². The van der Waals surface area contributed by atoms with E-state index in [1.165, 1.54) is 4.31 Å². The second-order valence-electron chi connectivity index (χ2n) is 6.24. The molecule has 0 spiro atoms. The summed E-state index contributed by atoms with van der Waals surface area (Å²) in [7, 11) is -3.31. The lowest BCUT2D eigenvalue weighted by atomic mass is 10.2. The number of nitrogens with zero attached hydrogens (tertiary/aromatic N) is 2. The van der Waals surface area contributed by atoms with Gasteiger partial charge in [-0.15, -0.1) is 0 Å². The van der Waals surface area contributed by atoms with Crippen LogP contribution in [0.2, 0.25) is 0 Å². The number of hydrogen-bond acceptors (Lipinski definition) is 3. The smallest absolute Gasteiger partial charge is 0.225 e. The quantitative estimate of drug-likeness (QED) is 0.841. The second kappa shape index (κ2) is 6.01. The van der Waals surface area contributed by atoms with Gasteiger partial charge in [-0.05, 0) is 25.3 Å². The van der Waals surface area contributed by atoms with Crippen molar-refractivity contribution in [1.29, 1.82) is 0 Å². The Morgan fingerprint density at radius 3 is 2.23 bits per heavy atom. The van der Waals surface area contributed by atoms with Crippen LogP contribution >= 0.6 is 0 Å². The molecule has 0 atom stereocenters. The van der Waals surface area contributed by atoms with Gasteiger partial charge in [0, 0.05) is 32.1 Å². The molecule has 6 heteroatoms. The van der Waals surface area contributed by atoms with Gasteiger partial charge in [0.1, 0.15) is 0 Å². The molecule has 0 N–H and O–H groups in total. The van der Waals surface area contributed by atoms with Gasteiger partial charge in [0.05, 0.1) is 5.75 Å². The minimum atomic E-state index is -3.31. The first-order chi connectivity index (χ1) is 10.5. The molecule has 1 aromatic carbocycles. The Morgan fingerprint density at radius 2 is 1.68 bits per heavy atom. The van der Waals surface area contributed by atoms with Crippen LogP contribution in [-0.4, -0.2) is 49.7 Å². The molecular formula is C16H22N2O3S. The molecule has 2 fully saturated rings. The fourth-order valence-corrected chi connectivity index (χ4v) is 4.28. The fourth-order valence-electron chi connectivity index (χ4n) is 2.76. The summed E-state index contributed by atoms with van der Waals surface area (Å²) in [6.45, 7) is 3.83. The summed E-state index contributed by atoms with van der Waals surface area (Å²) in [4.78, 5) is 13.8. The Kier molecular flexibility index (Phi) is 4.23. The van der Waals surface area contributed by atoms with Crippen molar-refractivity contribution in [3.8, 4) is 0 Å².